The van der Waals surface area contributed by atoms with Gasteiger partial charge in [0.25, 0.3) is 0 Å². The van der Waals surface area contributed by atoms with Gasteiger partial charge in [-0.25, -0.2) is 4.39 Å². The molecular formula is C14H21FIN3S. The summed E-state index contributed by atoms with van der Waals surface area (Å²) in [7, 11) is 1.73. The van der Waals surface area contributed by atoms with E-state index in [1.807, 2.05) is 17.8 Å². The van der Waals surface area contributed by atoms with Crippen molar-refractivity contribution in [1.29, 1.82) is 0 Å². The van der Waals surface area contributed by atoms with Crippen LogP contribution in [-0.2, 0) is 6.54 Å². The summed E-state index contributed by atoms with van der Waals surface area (Å²) in [5.74, 6) is 2.50. The molecule has 20 heavy (non-hydrogen) atoms. The minimum atomic E-state index is -0.217. The number of hydrogen-bond donors (Lipinski definition) is 2. The molecule has 0 radical (unpaired) electrons. The molecule has 0 aliphatic heterocycles. The number of benzene rings is 1. The zero-order chi connectivity index (χ0) is 13.9. The van der Waals surface area contributed by atoms with Crippen molar-refractivity contribution in [3.8, 4) is 0 Å². The first-order chi connectivity index (χ1) is 9.26. The number of rotatable bonds is 7. The second kappa shape index (κ2) is 12.0. The topological polar surface area (TPSA) is 36.4 Å². The van der Waals surface area contributed by atoms with Gasteiger partial charge in [0.2, 0.25) is 0 Å². The maximum Gasteiger partial charge on any atom is 0.191 e. The smallest absolute Gasteiger partial charge is 0.191 e. The van der Waals surface area contributed by atoms with E-state index in [1.165, 1.54) is 12.1 Å². The number of nitrogens with zero attached hydrogens (tertiary/aromatic N) is 1. The average molecular weight is 409 g/mol. The van der Waals surface area contributed by atoms with Gasteiger partial charge < -0.3 is 10.6 Å². The van der Waals surface area contributed by atoms with Crippen molar-refractivity contribution in [2.45, 2.75) is 6.54 Å². The summed E-state index contributed by atoms with van der Waals surface area (Å²) in [6, 6.07) is 6.43. The van der Waals surface area contributed by atoms with Crippen molar-refractivity contribution in [2.24, 2.45) is 4.99 Å². The van der Waals surface area contributed by atoms with Crippen molar-refractivity contribution in [3.63, 3.8) is 0 Å². The third-order valence-corrected chi connectivity index (χ3v) is 3.34. The van der Waals surface area contributed by atoms with Crippen LogP contribution in [0.3, 0.4) is 0 Å². The third kappa shape index (κ3) is 8.42. The molecule has 0 saturated carbocycles. The first-order valence-corrected chi connectivity index (χ1v) is 7.29. The second-order valence-electron chi connectivity index (χ2n) is 3.84. The van der Waals surface area contributed by atoms with Gasteiger partial charge in [-0.1, -0.05) is 18.2 Å². The number of halogens is 2. The van der Waals surface area contributed by atoms with Crippen molar-refractivity contribution in [3.05, 3.63) is 48.3 Å². The highest BCUT2D eigenvalue weighted by Gasteiger charge is 1.98. The van der Waals surface area contributed by atoms with Crippen LogP contribution >= 0.6 is 35.7 Å². The van der Waals surface area contributed by atoms with Crippen LogP contribution in [0.5, 0.6) is 0 Å². The Labute approximate surface area is 141 Å². The van der Waals surface area contributed by atoms with E-state index >= 15 is 0 Å². The summed E-state index contributed by atoms with van der Waals surface area (Å²) in [5.41, 5.74) is 1.02. The summed E-state index contributed by atoms with van der Waals surface area (Å²) in [6.45, 7) is 5.15. The molecule has 112 valence electrons. The minimum Gasteiger partial charge on any atom is -0.356 e. The highest BCUT2D eigenvalue weighted by molar-refractivity contribution is 14.0. The van der Waals surface area contributed by atoms with Crippen molar-refractivity contribution >= 4 is 41.7 Å². The van der Waals surface area contributed by atoms with E-state index in [4.69, 9.17) is 0 Å². The van der Waals surface area contributed by atoms with E-state index in [9.17, 15) is 4.39 Å². The lowest BCUT2D eigenvalue weighted by Gasteiger charge is -2.11. The van der Waals surface area contributed by atoms with Crippen LogP contribution in [0.4, 0.5) is 4.39 Å². The number of aliphatic imine (C=N–C) groups is 1. The van der Waals surface area contributed by atoms with Gasteiger partial charge in [-0.15, -0.1) is 30.6 Å². The molecule has 2 N–H and O–H groups in total. The zero-order valence-electron chi connectivity index (χ0n) is 11.6. The fourth-order valence-electron chi connectivity index (χ4n) is 1.42. The summed E-state index contributed by atoms with van der Waals surface area (Å²) in [4.78, 5) is 4.13. The van der Waals surface area contributed by atoms with E-state index in [1.54, 1.807) is 19.2 Å². The van der Waals surface area contributed by atoms with Crippen LogP contribution in [0, 0.1) is 5.82 Å². The fraction of sp³-hybridized carbons (Fsp3) is 0.357. The van der Waals surface area contributed by atoms with Gasteiger partial charge in [0.1, 0.15) is 5.82 Å². The van der Waals surface area contributed by atoms with E-state index in [-0.39, 0.29) is 29.8 Å². The monoisotopic (exact) mass is 409 g/mol. The number of thioether (sulfide) groups is 1. The van der Waals surface area contributed by atoms with Gasteiger partial charge in [0.05, 0.1) is 0 Å². The molecule has 0 unspecified atom stereocenters. The Hall–Kier alpha value is -0.760. The van der Waals surface area contributed by atoms with Crippen LogP contribution < -0.4 is 10.6 Å². The van der Waals surface area contributed by atoms with Gasteiger partial charge in [0, 0.05) is 31.6 Å². The van der Waals surface area contributed by atoms with Crippen LogP contribution in [-0.4, -0.2) is 31.1 Å². The van der Waals surface area contributed by atoms with Gasteiger partial charge in [0.15, 0.2) is 5.96 Å². The second-order valence-corrected chi connectivity index (χ2v) is 4.99. The third-order valence-electron chi connectivity index (χ3n) is 2.37. The molecule has 0 heterocycles. The predicted molar refractivity (Wildman–Crippen MR) is 97.5 cm³/mol. The Bertz CT molecular complexity index is 409. The highest BCUT2D eigenvalue weighted by Crippen LogP contribution is 2.02. The summed E-state index contributed by atoms with van der Waals surface area (Å²) in [6.07, 6.45) is 1.90. The maximum atomic E-state index is 12.8. The minimum absolute atomic E-state index is 0. The molecule has 0 saturated heterocycles. The SMILES string of the molecule is C=CCSCCNC(=NC)NCc1ccc(F)cc1.I. The lowest BCUT2D eigenvalue weighted by Crippen LogP contribution is -2.37. The predicted octanol–water partition coefficient (Wildman–Crippen LogP) is 3.03. The molecule has 0 fully saturated rings. The zero-order valence-corrected chi connectivity index (χ0v) is 14.7. The largest absolute Gasteiger partial charge is 0.356 e. The molecule has 1 rings (SSSR count). The Morgan fingerprint density at radius 3 is 2.65 bits per heavy atom. The Kier molecular flexibility index (Phi) is 11.6. The standard InChI is InChI=1S/C14H20FN3S.HI/c1-3-9-19-10-8-17-14(16-2)18-11-12-4-6-13(15)7-5-12;/h3-7H,1,8-11H2,2H3,(H2,16,17,18);1H. The molecule has 0 aromatic heterocycles. The Morgan fingerprint density at radius 1 is 1.35 bits per heavy atom. The number of hydrogen-bond acceptors (Lipinski definition) is 2. The summed E-state index contributed by atoms with van der Waals surface area (Å²) in [5, 5.41) is 6.40. The van der Waals surface area contributed by atoms with Crippen molar-refractivity contribution in [2.75, 3.05) is 25.1 Å². The molecule has 0 bridgehead atoms. The van der Waals surface area contributed by atoms with Gasteiger partial charge in [-0.3, -0.25) is 4.99 Å². The van der Waals surface area contributed by atoms with Crippen LogP contribution in [0.2, 0.25) is 0 Å². The van der Waals surface area contributed by atoms with E-state index < -0.39 is 0 Å². The fourth-order valence-corrected chi connectivity index (χ4v) is 2.00. The lowest BCUT2D eigenvalue weighted by atomic mass is 10.2. The normalized spacial score (nSPS) is 10.6. The molecular weight excluding hydrogens is 388 g/mol. The lowest BCUT2D eigenvalue weighted by molar-refractivity contribution is 0.626. The van der Waals surface area contributed by atoms with E-state index in [0.29, 0.717) is 6.54 Å². The molecule has 6 heteroatoms. The molecule has 0 spiro atoms. The first kappa shape index (κ1) is 19.2. The molecule has 1 aromatic carbocycles. The molecule has 0 atom stereocenters. The summed E-state index contributed by atoms with van der Waals surface area (Å²) < 4.78 is 12.8. The molecule has 0 amide bonds. The highest BCUT2D eigenvalue weighted by atomic mass is 127. The Balaban J connectivity index is 0.00000361. The number of guanidine groups is 1. The molecule has 0 aliphatic carbocycles. The van der Waals surface area contributed by atoms with Gasteiger partial charge in [-0.05, 0) is 17.7 Å². The van der Waals surface area contributed by atoms with E-state index in [0.717, 1.165) is 29.6 Å². The average Bonchev–Trinajstić information content (AvgIpc) is 2.44. The van der Waals surface area contributed by atoms with Crippen LogP contribution in [0.1, 0.15) is 5.56 Å². The molecule has 3 nitrogen and oxygen atoms in total. The van der Waals surface area contributed by atoms with Crippen LogP contribution in [0.15, 0.2) is 41.9 Å². The van der Waals surface area contributed by atoms with E-state index in [2.05, 4.69) is 22.2 Å². The quantitative estimate of drug-likeness (QED) is 0.239. The van der Waals surface area contributed by atoms with Gasteiger partial charge >= 0.3 is 0 Å². The first-order valence-electron chi connectivity index (χ1n) is 6.14. The van der Waals surface area contributed by atoms with Crippen LogP contribution in [0.25, 0.3) is 0 Å². The summed E-state index contributed by atoms with van der Waals surface area (Å²) >= 11 is 1.82. The maximum absolute atomic E-state index is 12.8. The molecule has 1 aromatic rings. The Morgan fingerprint density at radius 2 is 2.05 bits per heavy atom. The van der Waals surface area contributed by atoms with Crippen molar-refractivity contribution in [1.82, 2.24) is 10.6 Å². The van der Waals surface area contributed by atoms with Gasteiger partial charge in [-0.2, -0.15) is 11.8 Å². The molecule has 0 aliphatic rings. The number of nitrogens with one attached hydrogen (secondary N) is 2. The van der Waals surface area contributed by atoms with Crippen molar-refractivity contribution < 1.29 is 4.39 Å².